The van der Waals surface area contributed by atoms with Crippen molar-refractivity contribution < 1.29 is 26.4 Å². The van der Waals surface area contributed by atoms with Crippen LogP contribution in [0.25, 0.3) is 0 Å². The molecule has 0 aliphatic heterocycles. The topological polar surface area (TPSA) is 101 Å². The van der Waals surface area contributed by atoms with Crippen molar-refractivity contribution in [3.05, 3.63) is 64.1 Å². The average Bonchev–Trinajstić information content (AvgIpc) is 2.65. The van der Waals surface area contributed by atoms with Crippen LogP contribution < -0.4 is 10.6 Å². The summed E-state index contributed by atoms with van der Waals surface area (Å²) < 4.78 is 63.0. The molecule has 0 saturated carbocycles. The molecular weight excluding hydrogens is 457 g/mol. The van der Waals surface area contributed by atoms with Gasteiger partial charge in [0.1, 0.15) is 0 Å². The minimum atomic E-state index is -4.86. The molecular formula is C19H20ClF3N4O3S. The maximum Gasteiger partial charge on any atom is 0.435 e. The number of nitrogens with zero attached hydrogens (tertiary/aromatic N) is 2. The molecule has 1 aromatic carbocycles. The Morgan fingerprint density at radius 1 is 1.23 bits per heavy atom. The lowest BCUT2D eigenvalue weighted by molar-refractivity contribution is -0.140. The van der Waals surface area contributed by atoms with Crippen LogP contribution in [0.15, 0.2) is 41.9 Å². The quantitative estimate of drug-likeness (QED) is 0.626. The molecule has 2 aromatic rings. The first-order valence-corrected chi connectivity index (χ1v) is 11.3. The van der Waals surface area contributed by atoms with Crippen molar-refractivity contribution >= 4 is 33.0 Å². The van der Waals surface area contributed by atoms with Crippen LogP contribution in [0, 0.1) is 0 Å². The molecule has 0 spiro atoms. The summed E-state index contributed by atoms with van der Waals surface area (Å²) in [4.78, 5) is 19.3. The number of carbonyl (C=O) groups is 1. The van der Waals surface area contributed by atoms with Gasteiger partial charge in [0.25, 0.3) is 5.91 Å². The van der Waals surface area contributed by atoms with E-state index in [0.717, 1.165) is 17.9 Å². The molecule has 7 nitrogen and oxygen atoms in total. The van der Waals surface area contributed by atoms with Gasteiger partial charge in [0, 0.05) is 22.7 Å². The third-order valence-corrected chi connectivity index (χ3v) is 4.97. The zero-order valence-electron chi connectivity index (χ0n) is 16.7. The second kappa shape index (κ2) is 9.65. The van der Waals surface area contributed by atoms with E-state index < -0.39 is 51.2 Å². The van der Waals surface area contributed by atoms with Crippen molar-refractivity contribution in [3.8, 4) is 0 Å². The molecule has 0 radical (unpaired) electrons. The van der Waals surface area contributed by atoms with Gasteiger partial charge in [-0.25, -0.2) is 18.4 Å². The van der Waals surface area contributed by atoms with Crippen LogP contribution in [0.2, 0.25) is 5.02 Å². The number of aromatic nitrogens is 2. The predicted molar refractivity (Wildman–Crippen MR) is 111 cm³/mol. The average molecular weight is 477 g/mol. The van der Waals surface area contributed by atoms with Crippen molar-refractivity contribution in [1.82, 2.24) is 15.3 Å². The zero-order valence-corrected chi connectivity index (χ0v) is 18.3. The second-order valence-electron chi connectivity index (χ2n) is 6.76. The molecule has 1 aromatic heterocycles. The standard InChI is InChI=1S/C19H20ClF3N4O3S/c1-11(8-9-31(3,29)30)25-18(28)17-24-10-15(16(27-17)19(21,22)23)26-12(2)13-6-4-5-7-14(13)20/h4-12,26H,1-3H3,(H,25,28)/b9-8+/t11-,12?/m1/s1. The highest BCUT2D eigenvalue weighted by atomic mass is 35.5. The summed E-state index contributed by atoms with van der Waals surface area (Å²) >= 11 is 6.09. The van der Waals surface area contributed by atoms with E-state index in [2.05, 4.69) is 20.6 Å². The first-order chi connectivity index (χ1) is 14.3. The second-order valence-corrected chi connectivity index (χ2v) is 9.10. The number of halogens is 4. The Bertz CT molecular complexity index is 1090. The maximum atomic E-state index is 13.6. The van der Waals surface area contributed by atoms with Gasteiger partial charge in [-0.1, -0.05) is 35.9 Å². The molecule has 2 N–H and O–H groups in total. The summed E-state index contributed by atoms with van der Waals surface area (Å²) in [6.45, 7) is 3.07. The molecule has 1 heterocycles. The third kappa shape index (κ3) is 7.21. The summed E-state index contributed by atoms with van der Waals surface area (Å²) in [5.74, 6) is -1.69. The fourth-order valence-corrected chi connectivity index (χ4v) is 3.35. The Kier molecular flexibility index (Phi) is 7.66. The molecule has 12 heteroatoms. The number of hydrogen-bond acceptors (Lipinski definition) is 6. The van der Waals surface area contributed by atoms with Crippen molar-refractivity contribution in [3.63, 3.8) is 0 Å². The van der Waals surface area contributed by atoms with Crippen LogP contribution >= 0.6 is 11.6 Å². The van der Waals surface area contributed by atoms with Crippen molar-refractivity contribution in [1.29, 1.82) is 0 Å². The van der Waals surface area contributed by atoms with Gasteiger partial charge in [-0.05, 0) is 25.5 Å². The minimum absolute atomic E-state index is 0.379. The van der Waals surface area contributed by atoms with Crippen molar-refractivity contribution in [2.75, 3.05) is 11.6 Å². The number of benzene rings is 1. The molecule has 0 bridgehead atoms. The third-order valence-electron chi connectivity index (χ3n) is 3.98. The number of nitrogens with one attached hydrogen (secondary N) is 2. The first kappa shape index (κ1) is 24.6. The fourth-order valence-electron chi connectivity index (χ4n) is 2.53. The van der Waals surface area contributed by atoms with E-state index in [0.29, 0.717) is 10.6 Å². The van der Waals surface area contributed by atoms with Gasteiger partial charge in [0.05, 0.1) is 17.9 Å². The van der Waals surface area contributed by atoms with E-state index in [4.69, 9.17) is 11.6 Å². The van der Waals surface area contributed by atoms with E-state index in [1.54, 1.807) is 31.2 Å². The Labute approximate surface area is 182 Å². The van der Waals surface area contributed by atoms with Crippen LogP contribution in [0.4, 0.5) is 18.9 Å². The highest BCUT2D eigenvalue weighted by Crippen LogP contribution is 2.35. The molecule has 0 saturated heterocycles. The lowest BCUT2D eigenvalue weighted by Gasteiger charge is -2.20. The minimum Gasteiger partial charge on any atom is -0.375 e. The Hall–Kier alpha value is -2.66. The molecule has 1 amide bonds. The Morgan fingerprint density at radius 3 is 2.45 bits per heavy atom. The van der Waals surface area contributed by atoms with Crippen LogP contribution in [0.5, 0.6) is 0 Å². The summed E-state index contributed by atoms with van der Waals surface area (Å²) in [5.41, 5.74) is -1.15. The van der Waals surface area contributed by atoms with E-state index in [-0.39, 0.29) is 0 Å². The summed E-state index contributed by atoms with van der Waals surface area (Å²) in [6.07, 6.45) is -1.84. The van der Waals surface area contributed by atoms with Gasteiger partial charge in [-0.3, -0.25) is 4.79 Å². The van der Waals surface area contributed by atoms with Gasteiger partial charge < -0.3 is 10.6 Å². The van der Waals surface area contributed by atoms with Crippen LogP contribution in [0.3, 0.4) is 0 Å². The van der Waals surface area contributed by atoms with Crippen molar-refractivity contribution in [2.24, 2.45) is 0 Å². The number of carbonyl (C=O) groups excluding carboxylic acids is 1. The number of rotatable bonds is 7. The SMILES string of the molecule is CC(Nc1cnc(C(=O)N[C@H](C)/C=C/S(C)(=O)=O)nc1C(F)(F)F)c1ccccc1Cl. The molecule has 2 atom stereocenters. The smallest absolute Gasteiger partial charge is 0.375 e. The summed E-state index contributed by atoms with van der Waals surface area (Å²) in [7, 11) is -3.42. The highest BCUT2D eigenvalue weighted by molar-refractivity contribution is 7.93. The van der Waals surface area contributed by atoms with Gasteiger partial charge in [0.2, 0.25) is 5.82 Å². The molecule has 0 aliphatic rings. The molecule has 2 rings (SSSR count). The maximum absolute atomic E-state index is 13.6. The summed E-state index contributed by atoms with van der Waals surface area (Å²) in [6, 6.07) is 5.30. The lowest BCUT2D eigenvalue weighted by atomic mass is 10.1. The first-order valence-electron chi connectivity index (χ1n) is 8.92. The molecule has 0 aliphatic carbocycles. The summed E-state index contributed by atoms with van der Waals surface area (Å²) in [5, 5.41) is 6.26. The monoisotopic (exact) mass is 476 g/mol. The van der Waals surface area contributed by atoms with E-state index in [9.17, 15) is 26.4 Å². The van der Waals surface area contributed by atoms with Crippen LogP contribution in [-0.4, -0.2) is 36.6 Å². The Morgan fingerprint density at radius 2 is 1.87 bits per heavy atom. The number of hydrogen-bond donors (Lipinski definition) is 2. The predicted octanol–water partition coefficient (Wildman–Crippen LogP) is 4.00. The Balaban J connectivity index is 2.28. The van der Waals surface area contributed by atoms with E-state index >= 15 is 0 Å². The molecule has 31 heavy (non-hydrogen) atoms. The van der Waals surface area contributed by atoms with E-state index in [1.807, 2.05) is 0 Å². The number of sulfone groups is 1. The number of amides is 1. The number of anilines is 1. The molecule has 0 fully saturated rings. The lowest BCUT2D eigenvalue weighted by Crippen LogP contribution is -2.33. The van der Waals surface area contributed by atoms with Crippen LogP contribution in [0.1, 0.15) is 41.8 Å². The van der Waals surface area contributed by atoms with Crippen LogP contribution in [-0.2, 0) is 16.0 Å². The van der Waals surface area contributed by atoms with Gasteiger partial charge >= 0.3 is 6.18 Å². The van der Waals surface area contributed by atoms with Gasteiger partial charge in [-0.15, -0.1) is 0 Å². The molecule has 1 unspecified atom stereocenters. The molecule has 168 valence electrons. The van der Waals surface area contributed by atoms with Crippen molar-refractivity contribution in [2.45, 2.75) is 32.1 Å². The van der Waals surface area contributed by atoms with E-state index in [1.165, 1.54) is 13.0 Å². The van der Waals surface area contributed by atoms with Gasteiger partial charge in [0.15, 0.2) is 15.5 Å². The zero-order chi connectivity index (χ0) is 23.4. The number of alkyl halides is 3. The van der Waals surface area contributed by atoms with Gasteiger partial charge in [-0.2, -0.15) is 13.2 Å². The largest absolute Gasteiger partial charge is 0.435 e. The fraction of sp³-hybridized carbons (Fsp3) is 0.316. The highest BCUT2D eigenvalue weighted by Gasteiger charge is 2.37. The normalized spacial score (nSPS) is 14.3.